The standard InChI is InChI=1S/C69H112O12/c1-4-7-10-13-16-19-22-25-28-30-31-33-35-37-40-43-46-49-52-55-61(70)77-58-60(79-62(71)56-53-50-47-44-41-38-34-27-24-21-18-15-12-9-6-3)59-78-69-67(65(74)64(73)66(81-69)68(75)76)80-63(72)57-54-51-48-45-42-39-36-32-29-26-23-20-17-14-11-8-5-2/h8-9,11-12,17-18,20-21,25-29,34,41,44,50,53,60,64-67,69,73-74H,4-7,10,13-16,19,22-24,30-33,35-40,42-43,45-49,51-52,54-59H2,1-3H3,(H,75,76)/b11-8-,12-9-,20-17-,21-18-,28-25-,29-26-,34-27-,44-41-,53-50-. The predicted molar refractivity (Wildman–Crippen MR) is 330 cm³/mol. The Morgan fingerprint density at radius 2 is 0.815 bits per heavy atom. The number of hydrogen-bond donors (Lipinski definition) is 3. The van der Waals surface area contributed by atoms with Crippen LogP contribution in [-0.4, -0.2) is 89.2 Å². The summed E-state index contributed by atoms with van der Waals surface area (Å²) in [6, 6.07) is 0. The van der Waals surface area contributed by atoms with Crippen LogP contribution in [0, 0.1) is 0 Å². The van der Waals surface area contributed by atoms with Gasteiger partial charge < -0.3 is 39.0 Å². The SMILES string of the molecule is CC/C=C\C/C=C\C/C=C\C/C=C\C/C=C\CC(=O)OC(COC(=O)CCCCCCCCCCC/C=C\CCCCCCCC)COC1OC(C(=O)O)C(O)C(O)C1OC(=O)CCCCCCCCC/C=C\C/C=C\C/C=C\CC. The van der Waals surface area contributed by atoms with Crippen LogP contribution in [-0.2, 0) is 42.9 Å². The van der Waals surface area contributed by atoms with Gasteiger partial charge in [0.2, 0.25) is 0 Å². The molecule has 6 atom stereocenters. The third-order valence-electron chi connectivity index (χ3n) is 13.8. The Bertz CT molecular complexity index is 1820. The summed E-state index contributed by atoms with van der Waals surface area (Å²) in [5.41, 5.74) is 0. The normalized spacial score (nSPS) is 18.5. The van der Waals surface area contributed by atoms with Gasteiger partial charge in [-0.15, -0.1) is 0 Å². The molecule has 1 heterocycles. The Morgan fingerprint density at radius 1 is 0.432 bits per heavy atom. The molecule has 0 aromatic heterocycles. The summed E-state index contributed by atoms with van der Waals surface area (Å²) in [4.78, 5) is 51.2. The first-order chi connectivity index (χ1) is 39.6. The number of allylic oxidation sites excluding steroid dienone is 17. The summed E-state index contributed by atoms with van der Waals surface area (Å²) < 4.78 is 28.4. The number of carboxylic acids is 1. The van der Waals surface area contributed by atoms with Crippen LogP contribution >= 0.6 is 0 Å². The van der Waals surface area contributed by atoms with Crippen molar-refractivity contribution in [3.8, 4) is 0 Å². The highest BCUT2D eigenvalue weighted by Gasteiger charge is 2.50. The number of esters is 3. The fourth-order valence-corrected chi connectivity index (χ4v) is 9.04. The van der Waals surface area contributed by atoms with Crippen molar-refractivity contribution in [2.75, 3.05) is 13.2 Å². The van der Waals surface area contributed by atoms with Crippen LogP contribution in [0.3, 0.4) is 0 Å². The Morgan fingerprint density at radius 3 is 1.26 bits per heavy atom. The molecule has 3 N–H and O–H groups in total. The van der Waals surface area contributed by atoms with Crippen molar-refractivity contribution in [2.45, 2.75) is 289 Å². The monoisotopic (exact) mass is 1130 g/mol. The van der Waals surface area contributed by atoms with Gasteiger partial charge in [0.25, 0.3) is 0 Å². The molecular formula is C69H112O12. The summed E-state index contributed by atoms with van der Waals surface area (Å²) in [6.07, 6.45) is 63.6. The lowest BCUT2D eigenvalue weighted by atomic mass is 9.98. The molecular weight excluding hydrogens is 1020 g/mol. The lowest BCUT2D eigenvalue weighted by Crippen LogP contribution is -2.61. The lowest BCUT2D eigenvalue weighted by molar-refractivity contribution is -0.301. The van der Waals surface area contributed by atoms with Crippen LogP contribution in [0.25, 0.3) is 0 Å². The third-order valence-corrected chi connectivity index (χ3v) is 13.8. The number of carbonyl (C=O) groups is 4. The number of carbonyl (C=O) groups excluding carboxylic acids is 3. The number of carboxylic acid groups (broad SMARTS) is 1. The van der Waals surface area contributed by atoms with Gasteiger partial charge >= 0.3 is 23.9 Å². The molecule has 0 radical (unpaired) electrons. The molecule has 460 valence electrons. The first-order valence-corrected chi connectivity index (χ1v) is 31.9. The molecule has 1 fully saturated rings. The summed E-state index contributed by atoms with van der Waals surface area (Å²) in [5.74, 6) is -3.31. The lowest BCUT2D eigenvalue weighted by Gasteiger charge is -2.40. The Labute approximate surface area is 491 Å². The predicted octanol–water partition coefficient (Wildman–Crippen LogP) is 17.0. The zero-order valence-corrected chi connectivity index (χ0v) is 50.7. The van der Waals surface area contributed by atoms with Crippen LogP contribution < -0.4 is 0 Å². The van der Waals surface area contributed by atoms with Gasteiger partial charge in [0, 0.05) is 12.8 Å². The molecule has 6 unspecified atom stereocenters. The average Bonchev–Trinajstić information content (AvgIpc) is 3.53. The first-order valence-electron chi connectivity index (χ1n) is 31.9. The van der Waals surface area contributed by atoms with E-state index in [0.29, 0.717) is 19.3 Å². The maximum absolute atomic E-state index is 13.1. The highest BCUT2D eigenvalue weighted by molar-refractivity contribution is 5.74. The number of rotatable bonds is 53. The summed E-state index contributed by atoms with van der Waals surface area (Å²) in [6.45, 7) is 5.69. The smallest absolute Gasteiger partial charge is 0.335 e. The second-order valence-electron chi connectivity index (χ2n) is 21.3. The number of aliphatic hydroxyl groups is 2. The van der Waals surface area contributed by atoms with E-state index in [-0.39, 0.29) is 25.9 Å². The second kappa shape index (κ2) is 55.9. The molecule has 1 aliphatic heterocycles. The number of hydrogen-bond acceptors (Lipinski definition) is 11. The van der Waals surface area contributed by atoms with Crippen molar-refractivity contribution in [3.05, 3.63) is 109 Å². The van der Waals surface area contributed by atoms with E-state index in [2.05, 4.69) is 112 Å². The van der Waals surface area contributed by atoms with Crippen LogP contribution in [0.15, 0.2) is 109 Å². The van der Waals surface area contributed by atoms with Crippen molar-refractivity contribution in [2.24, 2.45) is 0 Å². The molecule has 0 aromatic carbocycles. The van der Waals surface area contributed by atoms with Crippen molar-refractivity contribution in [1.82, 2.24) is 0 Å². The Balaban J connectivity index is 2.71. The zero-order valence-electron chi connectivity index (χ0n) is 50.7. The summed E-state index contributed by atoms with van der Waals surface area (Å²) >= 11 is 0. The number of ether oxygens (including phenoxy) is 5. The largest absolute Gasteiger partial charge is 0.479 e. The molecule has 0 aromatic rings. The van der Waals surface area contributed by atoms with E-state index in [1.807, 2.05) is 12.2 Å². The van der Waals surface area contributed by atoms with E-state index in [0.717, 1.165) is 109 Å². The first kappa shape index (κ1) is 74.4. The molecule has 1 aliphatic rings. The van der Waals surface area contributed by atoms with Crippen molar-refractivity contribution in [1.29, 1.82) is 0 Å². The van der Waals surface area contributed by atoms with E-state index in [1.54, 1.807) is 6.08 Å². The van der Waals surface area contributed by atoms with Crippen molar-refractivity contribution in [3.63, 3.8) is 0 Å². The molecule has 12 heteroatoms. The minimum atomic E-state index is -1.93. The second-order valence-corrected chi connectivity index (χ2v) is 21.3. The van der Waals surface area contributed by atoms with E-state index in [4.69, 9.17) is 23.7 Å². The van der Waals surface area contributed by atoms with Gasteiger partial charge in [-0.25, -0.2) is 4.79 Å². The molecule has 0 amide bonds. The van der Waals surface area contributed by atoms with Gasteiger partial charge in [-0.2, -0.15) is 0 Å². The maximum atomic E-state index is 13.1. The molecule has 0 spiro atoms. The van der Waals surface area contributed by atoms with E-state index in [9.17, 15) is 34.5 Å². The van der Waals surface area contributed by atoms with Crippen LogP contribution in [0.2, 0.25) is 0 Å². The highest BCUT2D eigenvalue weighted by Crippen LogP contribution is 2.26. The van der Waals surface area contributed by atoms with E-state index >= 15 is 0 Å². The molecule has 12 nitrogen and oxygen atoms in total. The van der Waals surface area contributed by atoms with Crippen molar-refractivity contribution >= 4 is 23.9 Å². The topological polar surface area (TPSA) is 175 Å². The van der Waals surface area contributed by atoms with E-state index in [1.165, 1.54) is 83.5 Å². The molecule has 0 bridgehead atoms. The van der Waals surface area contributed by atoms with Gasteiger partial charge in [0.15, 0.2) is 24.6 Å². The van der Waals surface area contributed by atoms with Crippen LogP contribution in [0.4, 0.5) is 0 Å². The fourth-order valence-electron chi connectivity index (χ4n) is 9.04. The van der Waals surface area contributed by atoms with Gasteiger partial charge in [-0.05, 0) is 103 Å². The molecule has 1 rings (SSSR count). The number of aliphatic carboxylic acids is 1. The average molecular weight is 1130 g/mol. The van der Waals surface area contributed by atoms with Crippen LogP contribution in [0.5, 0.6) is 0 Å². The minimum absolute atomic E-state index is 0.0339. The zero-order chi connectivity index (χ0) is 58.9. The molecule has 1 saturated heterocycles. The highest BCUT2D eigenvalue weighted by atomic mass is 16.7. The summed E-state index contributed by atoms with van der Waals surface area (Å²) in [7, 11) is 0. The fraction of sp³-hybridized carbons (Fsp3) is 0.681. The maximum Gasteiger partial charge on any atom is 0.335 e. The molecule has 0 aliphatic carbocycles. The van der Waals surface area contributed by atoms with Crippen molar-refractivity contribution < 1.29 is 58.2 Å². The van der Waals surface area contributed by atoms with E-state index < -0.39 is 67.3 Å². The molecule has 0 saturated carbocycles. The number of unbranched alkanes of at least 4 members (excludes halogenated alkanes) is 22. The number of aliphatic hydroxyl groups excluding tert-OH is 2. The molecule has 81 heavy (non-hydrogen) atoms. The van der Waals surface area contributed by atoms with Crippen LogP contribution in [0.1, 0.15) is 252 Å². The summed E-state index contributed by atoms with van der Waals surface area (Å²) in [5, 5.41) is 31.6. The third kappa shape index (κ3) is 45.6. The Kier molecular flexibility index (Phi) is 51.3. The quantitative estimate of drug-likeness (QED) is 0.0228. The van der Waals surface area contributed by atoms with Gasteiger partial charge in [-0.1, -0.05) is 239 Å². The van der Waals surface area contributed by atoms with Gasteiger partial charge in [0.05, 0.1) is 13.0 Å². The van der Waals surface area contributed by atoms with Gasteiger partial charge in [0.1, 0.15) is 18.8 Å². The van der Waals surface area contributed by atoms with Gasteiger partial charge in [-0.3, -0.25) is 14.4 Å². The minimum Gasteiger partial charge on any atom is -0.479 e. The Hall–Kier alpha value is -4.62.